The maximum absolute atomic E-state index is 3.86. The molecule has 4 bridgehead atoms. The van der Waals surface area contributed by atoms with Crippen molar-refractivity contribution in [2.45, 2.75) is 58.0 Å². The lowest BCUT2D eigenvalue weighted by atomic mass is 9.48. The van der Waals surface area contributed by atoms with Gasteiger partial charge in [-0.3, -0.25) is 0 Å². The van der Waals surface area contributed by atoms with E-state index in [1.165, 1.54) is 28.6 Å². The smallest absolute Gasteiger partial charge is 0.0327 e. The van der Waals surface area contributed by atoms with Gasteiger partial charge in [0.2, 0.25) is 0 Å². The molecule has 3 heteroatoms. The normalized spacial score (nSPS) is 40.2. The summed E-state index contributed by atoms with van der Waals surface area (Å²) < 4.78 is 1.27. The van der Waals surface area contributed by atoms with E-state index in [9.17, 15) is 0 Å². The van der Waals surface area contributed by atoms with E-state index in [2.05, 4.69) is 39.6 Å². The Labute approximate surface area is 134 Å². The first kappa shape index (κ1) is 13.8. The minimum absolute atomic E-state index is 0.623. The van der Waals surface area contributed by atoms with Crippen molar-refractivity contribution in [3.05, 3.63) is 20.8 Å². The zero-order chi connectivity index (χ0) is 13.7. The summed E-state index contributed by atoms with van der Waals surface area (Å²) in [6, 6.07) is 2.83. The molecule has 0 amide bonds. The number of hydrogen-bond acceptors (Lipinski definition) is 2. The van der Waals surface area contributed by atoms with Crippen LogP contribution in [0.1, 0.15) is 50.3 Å². The van der Waals surface area contributed by atoms with Crippen LogP contribution in [-0.2, 0) is 6.54 Å². The summed E-state index contributed by atoms with van der Waals surface area (Å²) in [6.07, 6.45) is 9.13. The molecule has 0 saturated heterocycles. The average Bonchev–Trinajstić information content (AvgIpc) is 2.80. The first-order valence-corrected chi connectivity index (χ1v) is 9.77. The van der Waals surface area contributed by atoms with Crippen LogP contribution in [0.2, 0.25) is 0 Å². The fraction of sp³-hybridized carbons (Fsp3) is 0.765. The quantitative estimate of drug-likeness (QED) is 0.783. The first-order chi connectivity index (χ1) is 9.64. The second-order valence-electron chi connectivity index (χ2n) is 7.57. The van der Waals surface area contributed by atoms with Crippen LogP contribution in [0.4, 0.5) is 0 Å². The number of thiophene rings is 1. The topological polar surface area (TPSA) is 12.0 Å². The standard InChI is InChI=1S/C17H24BrNS/c1-11(19-10-16-15(18)2-3-20-16)17-7-12-4-13(8-17)6-14(5-12)9-17/h2-3,11-14,19H,4-10H2,1H3. The van der Waals surface area contributed by atoms with Gasteiger partial charge in [-0.15, -0.1) is 11.3 Å². The Morgan fingerprint density at radius 3 is 2.35 bits per heavy atom. The van der Waals surface area contributed by atoms with Gasteiger partial charge in [-0.05, 0) is 96.0 Å². The molecule has 110 valence electrons. The van der Waals surface area contributed by atoms with Gasteiger partial charge in [-0.1, -0.05) is 0 Å². The Balaban J connectivity index is 1.45. The molecule has 1 atom stereocenters. The SMILES string of the molecule is CC(NCc1sccc1Br)C12CC3CC(CC(C3)C1)C2. The number of nitrogens with one attached hydrogen (secondary N) is 1. The van der Waals surface area contributed by atoms with Crippen molar-refractivity contribution in [3.63, 3.8) is 0 Å². The molecule has 1 heterocycles. The third-order valence-electron chi connectivity index (χ3n) is 6.26. The van der Waals surface area contributed by atoms with Crippen LogP contribution in [0.15, 0.2) is 15.9 Å². The minimum atomic E-state index is 0.623. The molecule has 20 heavy (non-hydrogen) atoms. The van der Waals surface area contributed by atoms with Crippen LogP contribution >= 0.6 is 27.3 Å². The van der Waals surface area contributed by atoms with E-state index in [4.69, 9.17) is 0 Å². The molecule has 1 aromatic rings. The summed E-state index contributed by atoms with van der Waals surface area (Å²) in [5.41, 5.74) is 0.623. The second-order valence-corrected chi connectivity index (χ2v) is 9.43. The predicted octanol–water partition coefficient (Wildman–Crippen LogP) is 5.21. The predicted molar refractivity (Wildman–Crippen MR) is 88.9 cm³/mol. The van der Waals surface area contributed by atoms with Crippen molar-refractivity contribution >= 4 is 27.3 Å². The highest BCUT2D eigenvalue weighted by atomic mass is 79.9. The van der Waals surface area contributed by atoms with Crippen LogP contribution in [0, 0.1) is 23.2 Å². The molecule has 4 fully saturated rings. The highest BCUT2D eigenvalue weighted by Gasteiger charge is 2.52. The number of rotatable bonds is 4. The van der Waals surface area contributed by atoms with E-state index in [1.807, 2.05) is 11.3 Å². The van der Waals surface area contributed by atoms with Crippen molar-refractivity contribution in [2.75, 3.05) is 0 Å². The van der Waals surface area contributed by atoms with E-state index in [0.717, 1.165) is 24.3 Å². The summed E-state index contributed by atoms with van der Waals surface area (Å²) in [5.74, 6) is 3.16. The van der Waals surface area contributed by atoms with E-state index in [0.29, 0.717) is 11.5 Å². The fourth-order valence-electron chi connectivity index (χ4n) is 5.62. The molecule has 1 nitrogen and oxygen atoms in total. The van der Waals surface area contributed by atoms with Crippen LogP contribution in [0.5, 0.6) is 0 Å². The number of hydrogen-bond donors (Lipinski definition) is 1. The Morgan fingerprint density at radius 2 is 1.85 bits per heavy atom. The van der Waals surface area contributed by atoms with E-state index < -0.39 is 0 Å². The molecule has 4 aliphatic rings. The molecule has 4 saturated carbocycles. The molecule has 1 N–H and O–H groups in total. The van der Waals surface area contributed by atoms with Crippen molar-refractivity contribution in [1.82, 2.24) is 5.32 Å². The molecule has 0 aromatic carbocycles. The molecule has 0 spiro atoms. The lowest BCUT2D eigenvalue weighted by molar-refractivity contribution is -0.0706. The molecule has 5 rings (SSSR count). The van der Waals surface area contributed by atoms with Crippen LogP contribution in [0.3, 0.4) is 0 Å². The van der Waals surface area contributed by atoms with Crippen LogP contribution < -0.4 is 5.32 Å². The van der Waals surface area contributed by atoms with Gasteiger partial charge in [-0.2, -0.15) is 0 Å². The monoisotopic (exact) mass is 353 g/mol. The Hall–Kier alpha value is 0.140. The minimum Gasteiger partial charge on any atom is -0.309 e. The summed E-state index contributed by atoms with van der Waals surface area (Å²) in [6.45, 7) is 3.48. The van der Waals surface area contributed by atoms with Crippen LogP contribution in [0.25, 0.3) is 0 Å². The zero-order valence-corrected chi connectivity index (χ0v) is 14.6. The van der Waals surface area contributed by atoms with Gasteiger partial charge in [0, 0.05) is 21.9 Å². The fourth-order valence-corrected chi connectivity index (χ4v) is 7.06. The van der Waals surface area contributed by atoms with Crippen molar-refractivity contribution < 1.29 is 0 Å². The summed E-state index contributed by atoms with van der Waals surface area (Å²) in [5, 5.41) is 6.04. The average molecular weight is 354 g/mol. The highest BCUT2D eigenvalue weighted by molar-refractivity contribution is 9.10. The van der Waals surface area contributed by atoms with Crippen LogP contribution in [-0.4, -0.2) is 6.04 Å². The summed E-state index contributed by atoms with van der Waals surface area (Å²) in [7, 11) is 0. The molecule has 1 unspecified atom stereocenters. The lowest BCUT2D eigenvalue weighted by Gasteiger charge is -2.59. The van der Waals surface area contributed by atoms with Gasteiger partial charge >= 0.3 is 0 Å². The lowest BCUT2D eigenvalue weighted by Crippen LogP contribution is -2.54. The maximum Gasteiger partial charge on any atom is 0.0327 e. The van der Waals surface area contributed by atoms with Gasteiger partial charge in [0.15, 0.2) is 0 Å². The third kappa shape index (κ3) is 2.30. The Kier molecular flexibility index (Phi) is 3.51. The van der Waals surface area contributed by atoms with Gasteiger partial charge < -0.3 is 5.32 Å². The van der Waals surface area contributed by atoms with Gasteiger partial charge in [-0.25, -0.2) is 0 Å². The Morgan fingerprint density at radius 1 is 1.25 bits per heavy atom. The van der Waals surface area contributed by atoms with E-state index in [-0.39, 0.29) is 0 Å². The zero-order valence-electron chi connectivity index (χ0n) is 12.2. The van der Waals surface area contributed by atoms with E-state index >= 15 is 0 Å². The van der Waals surface area contributed by atoms with Crippen molar-refractivity contribution in [3.8, 4) is 0 Å². The molecule has 0 radical (unpaired) electrons. The number of halogens is 1. The maximum atomic E-state index is 3.86. The summed E-state index contributed by atoms with van der Waals surface area (Å²) in [4.78, 5) is 1.45. The van der Waals surface area contributed by atoms with Gasteiger partial charge in [0.25, 0.3) is 0 Å². The third-order valence-corrected chi connectivity index (χ3v) is 8.19. The van der Waals surface area contributed by atoms with Gasteiger partial charge in [0.05, 0.1) is 0 Å². The largest absolute Gasteiger partial charge is 0.309 e. The molecule has 0 aliphatic heterocycles. The summed E-state index contributed by atoms with van der Waals surface area (Å²) >= 11 is 5.51. The molecule has 4 aliphatic carbocycles. The van der Waals surface area contributed by atoms with Crippen molar-refractivity contribution in [2.24, 2.45) is 23.2 Å². The van der Waals surface area contributed by atoms with E-state index in [1.54, 1.807) is 19.3 Å². The molecular formula is C17H24BrNS. The Bertz CT molecular complexity index is 460. The molecular weight excluding hydrogens is 330 g/mol. The van der Waals surface area contributed by atoms with Gasteiger partial charge in [0.1, 0.15) is 0 Å². The highest BCUT2D eigenvalue weighted by Crippen LogP contribution is 2.61. The molecule has 1 aromatic heterocycles. The van der Waals surface area contributed by atoms with Crippen molar-refractivity contribution in [1.29, 1.82) is 0 Å². The first-order valence-electron chi connectivity index (χ1n) is 8.10. The second kappa shape index (κ2) is 5.10.